The summed E-state index contributed by atoms with van der Waals surface area (Å²) in [7, 11) is 0. The molecule has 0 saturated carbocycles. The predicted octanol–water partition coefficient (Wildman–Crippen LogP) is -0.578. The normalized spacial score (nSPS) is 7.33. The second-order valence-corrected chi connectivity index (χ2v) is 0.846. The van der Waals surface area contributed by atoms with E-state index in [1.807, 2.05) is 0 Å². The molecule has 0 fully saturated rings. The molecule has 33 valence electrons. The second-order valence-electron chi connectivity index (χ2n) is 0.846. The van der Waals surface area contributed by atoms with Gasteiger partial charge in [0.2, 0.25) is 6.29 Å². The number of nitrogens with two attached hydrogens (primary N) is 1. The van der Waals surface area contributed by atoms with Crippen molar-refractivity contribution in [3.8, 4) is 0 Å². The fourth-order valence-corrected chi connectivity index (χ4v) is 0.0778. The smallest absolute Gasteiger partial charge is 0.206 e. The number of amidine groups is 1. The minimum Gasteiger partial charge on any atom is -0.387 e. The average molecular weight is 85.1 g/mol. The zero-order valence-corrected chi connectivity index (χ0v) is 3.19. The highest BCUT2D eigenvalue weighted by molar-refractivity contribution is 5.88. The highest BCUT2D eigenvalue weighted by Gasteiger charge is 1.80. The Morgan fingerprint density at radius 3 is 2.50 bits per heavy atom. The predicted molar refractivity (Wildman–Crippen MR) is 22.2 cm³/mol. The van der Waals surface area contributed by atoms with E-state index in [-0.39, 0.29) is 12.3 Å². The minimum atomic E-state index is -0.134. The van der Waals surface area contributed by atoms with Crippen molar-refractivity contribution < 1.29 is 4.79 Å². The molecule has 0 saturated heterocycles. The summed E-state index contributed by atoms with van der Waals surface area (Å²) in [6.07, 6.45) is 1.40. The summed E-state index contributed by atoms with van der Waals surface area (Å²) in [5.74, 6) is -0.134. The van der Waals surface area contributed by atoms with E-state index in [9.17, 15) is 4.79 Å². The third kappa shape index (κ3) is 3.14. The summed E-state index contributed by atoms with van der Waals surface area (Å²) in [5.41, 5.74) is 4.72. The maximum absolute atomic E-state index is 9.27. The molecular weight excluding hydrogens is 80.0 g/mol. The quantitative estimate of drug-likeness (QED) is 0.348. The van der Waals surface area contributed by atoms with Gasteiger partial charge in [-0.3, -0.25) is 10.2 Å². The first-order valence-corrected chi connectivity index (χ1v) is 1.45. The van der Waals surface area contributed by atoms with Crippen LogP contribution in [-0.2, 0) is 4.79 Å². The lowest BCUT2D eigenvalue weighted by molar-refractivity contribution is 0.557. The number of hydrogen-bond acceptors (Lipinski definition) is 2. The number of carbonyl (C=O) groups excluding carboxylic acids is 1. The van der Waals surface area contributed by atoms with E-state index in [2.05, 4.69) is 0 Å². The summed E-state index contributed by atoms with van der Waals surface area (Å²) in [6, 6.07) is 0. The van der Waals surface area contributed by atoms with Crippen LogP contribution in [0.4, 0.5) is 0 Å². The number of hydrogen-bond donors (Lipinski definition) is 2. The summed E-state index contributed by atoms with van der Waals surface area (Å²) in [4.78, 5) is 9.27. The fourth-order valence-electron chi connectivity index (χ4n) is 0.0778. The molecule has 0 aromatic carbocycles. The van der Waals surface area contributed by atoms with Gasteiger partial charge in [-0.1, -0.05) is 0 Å². The molecule has 0 rings (SSSR count). The Balaban J connectivity index is 3.05. The molecule has 0 atom stereocenters. The molecule has 1 radical (unpaired) electrons. The first-order chi connectivity index (χ1) is 2.77. The molecule has 0 aliphatic carbocycles. The molecule has 0 heterocycles. The van der Waals surface area contributed by atoms with Crippen LogP contribution in [0.5, 0.6) is 0 Å². The van der Waals surface area contributed by atoms with Gasteiger partial charge in [-0.25, -0.2) is 0 Å². The molecule has 0 spiro atoms. The Bertz CT molecular complexity index is 69.2. The van der Waals surface area contributed by atoms with Crippen molar-refractivity contribution in [1.29, 1.82) is 5.41 Å². The summed E-state index contributed by atoms with van der Waals surface area (Å²) in [5, 5.41) is 6.41. The van der Waals surface area contributed by atoms with Crippen LogP contribution in [0.3, 0.4) is 0 Å². The second kappa shape index (κ2) is 2.38. The first kappa shape index (κ1) is 5.14. The van der Waals surface area contributed by atoms with Crippen LogP contribution in [0.2, 0.25) is 0 Å². The topological polar surface area (TPSA) is 66.9 Å². The van der Waals surface area contributed by atoms with Gasteiger partial charge in [-0.05, 0) is 0 Å². The lowest BCUT2D eigenvalue weighted by Crippen LogP contribution is -2.08. The molecular formula is C3H5N2O. The Labute approximate surface area is 35.7 Å². The van der Waals surface area contributed by atoms with E-state index in [0.717, 1.165) is 0 Å². The highest BCUT2D eigenvalue weighted by atomic mass is 16.1. The van der Waals surface area contributed by atoms with E-state index in [4.69, 9.17) is 11.1 Å². The molecule has 0 bridgehead atoms. The van der Waals surface area contributed by atoms with Gasteiger partial charge in [0.25, 0.3) is 0 Å². The van der Waals surface area contributed by atoms with E-state index in [1.165, 1.54) is 6.29 Å². The molecule has 0 aliphatic rings. The molecule has 0 unspecified atom stereocenters. The zero-order chi connectivity index (χ0) is 4.99. The summed E-state index contributed by atoms with van der Waals surface area (Å²) < 4.78 is 0. The van der Waals surface area contributed by atoms with Gasteiger partial charge in [0.15, 0.2) is 0 Å². The molecule has 0 aliphatic heterocycles. The van der Waals surface area contributed by atoms with Crippen molar-refractivity contribution in [2.45, 2.75) is 6.42 Å². The van der Waals surface area contributed by atoms with Crippen LogP contribution in [0.15, 0.2) is 0 Å². The lowest BCUT2D eigenvalue weighted by atomic mass is 10.5. The Morgan fingerprint density at radius 2 is 2.50 bits per heavy atom. The average Bonchev–Trinajstić information content (AvgIpc) is 1.35. The van der Waals surface area contributed by atoms with Crippen molar-refractivity contribution in [3.63, 3.8) is 0 Å². The monoisotopic (exact) mass is 85.0 g/mol. The summed E-state index contributed by atoms with van der Waals surface area (Å²) >= 11 is 0. The molecule has 0 amide bonds. The van der Waals surface area contributed by atoms with Gasteiger partial charge >= 0.3 is 0 Å². The van der Waals surface area contributed by atoms with E-state index >= 15 is 0 Å². The fraction of sp³-hybridized carbons (Fsp3) is 0.333. The molecule has 6 heavy (non-hydrogen) atoms. The highest BCUT2D eigenvalue weighted by Crippen LogP contribution is 1.61. The summed E-state index contributed by atoms with van der Waals surface area (Å²) in [6.45, 7) is 0. The van der Waals surface area contributed by atoms with Gasteiger partial charge in [0, 0.05) is 0 Å². The van der Waals surface area contributed by atoms with E-state index in [1.54, 1.807) is 0 Å². The minimum absolute atomic E-state index is 0.0694. The van der Waals surface area contributed by atoms with Crippen molar-refractivity contribution in [2.75, 3.05) is 0 Å². The largest absolute Gasteiger partial charge is 0.387 e. The van der Waals surface area contributed by atoms with Crippen molar-refractivity contribution in [3.05, 3.63) is 0 Å². The maximum atomic E-state index is 9.27. The van der Waals surface area contributed by atoms with Gasteiger partial charge in [-0.15, -0.1) is 0 Å². The van der Waals surface area contributed by atoms with Crippen LogP contribution >= 0.6 is 0 Å². The van der Waals surface area contributed by atoms with Gasteiger partial charge in [0.05, 0.1) is 12.3 Å². The Morgan fingerprint density at radius 1 is 2.00 bits per heavy atom. The zero-order valence-electron chi connectivity index (χ0n) is 3.19. The number of nitrogens with one attached hydrogen (secondary N) is 1. The number of rotatable bonds is 2. The van der Waals surface area contributed by atoms with Crippen LogP contribution in [0.1, 0.15) is 6.42 Å². The standard InChI is InChI=1S/C3H5N2O/c4-3(5)1-2-6/h1H2,(H3,4,5). The van der Waals surface area contributed by atoms with E-state index in [0.29, 0.717) is 0 Å². The van der Waals surface area contributed by atoms with Gasteiger partial charge in [-0.2, -0.15) is 0 Å². The van der Waals surface area contributed by atoms with Crippen molar-refractivity contribution in [2.24, 2.45) is 5.73 Å². The van der Waals surface area contributed by atoms with Gasteiger partial charge < -0.3 is 5.73 Å². The SMILES string of the molecule is N=C(N)C[C]=O. The Hall–Kier alpha value is -0.860. The lowest BCUT2D eigenvalue weighted by Gasteiger charge is -1.77. The van der Waals surface area contributed by atoms with Gasteiger partial charge in [0.1, 0.15) is 0 Å². The molecule has 0 aromatic rings. The van der Waals surface area contributed by atoms with Crippen LogP contribution in [0.25, 0.3) is 0 Å². The Kier molecular flexibility index (Phi) is 2.04. The van der Waals surface area contributed by atoms with Crippen molar-refractivity contribution >= 4 is 12.1 Å². The van der Waals surface area contributed by atoms with E-state index < -0.39 is 0 Å². The first-order valence-electron chi connectivity index (χ1n) is 1.45. The molecule has 0 aromatic heterocycles. The molecule has 3 heteroatoms. The third-order valence-electron chi connectivity index (χ3n) is 0.263. The van der Waals surface area contributed by atoms with Crippen molar-refractivity contribution in [1.82, 2.24) is 0 Å². The maximum Gasteiger partial charge on any atom is 0.206 e. The van der Waals surface area contributed by atoms with Crippen LogP contribution < -0.4 is 5.73 Å². The van der Waals surface area contributed by atoms with Crippen LogP contribution in [-0.4, -0.2) is 12.1 Å². The van der Waals surface area contributed by atoms with Crippen LogP contribution in [0, 0.1) is 5.41 Å². The third-order valence-corrected chi connectivity index (χ3v) is 0.263. The molecule has 3 nitrogen and oxygen atoms in total. The molecule has 3 N–H and O–H groups in total.